The van der Waals surface area contributed by atoms with E-state index in [-0.39, 0.29) is 18.1 Å². The molecule has 0 radical (unpaired) electrons. The summed E-state index contributed by atoms with van der Waals surface area (Å²) in [5, 5.41) is 12.9. The molecule has 0 aliphatic carbocycles. The van der Waals surface area contributed by atoms with Crippen molar-refractivity contribution in [2.24, 2.45) is 0 Å². The second-order valence-electron chi connectivity index (χ2n) is 5.95. The van der Waals surface area contributed by atoms with E-state index in [0.717, 1.165) is 27.5 Å². The van der Waals surface area contributed by atoms with Gasteiger partial charge in [-0.1, -0.05) is 12.1 Å². The van der Waals surface area contributed by atoms with E-state index in [1.165, 1.54) is 11.8 Å². The van der Waals surface area contributed by atoms with E-state index in [2.05, 4.69) is 15.3 Å². The molecule has 26 heavy (non-hydrogen) atoms. The predicted octanol–water partition coefficient (Wildman–Crippen LogP) is 4.13. The van der Waals surface area contributed by atoms with Crippen molar-refractivity contribution in [3.63, 3.8) is 0 Å². The monoisotopic (exact) mass is 365 g/mol. The van der Waals surface area contributed by atoms with E-state index in [0.29, 0.717) is 5.16 Å². The van der Waals surface area contributed by atoms with Crippen molar-refractivity contribution in [3.8, 4) is 5.75 Å². The molecular formula is C20H19N3O2S. The number of rotatable bonds is 5. The van der Waals surface area contributed by atoms with Crippen LogP contribution in [0.5, 0.6) is 5.75 Å². The lowest BCUT2D eigenvalue weighted by Crippen LogP contribution is -2.14. The van der Waals surface area contributed by atoms with E-state index >= 15 is 0 Å². The van der Waals surface area contributed by atoms with Gasteiger partial charge >= 0.3 is 0 Å². The van der Waals surface area contributed by atoms with Gasteiger partial charge in [-0.2, -0.15) is 0 Å². The SMILES string of the molecule is Cc1cc(C)nc(Sc2ccc(NC(=O)Cc3ccc(O)cc3)cc2)n1. The number of amides is 1. The third kappa shape index (κ3) is 5.07. The van der Waals surface area contributed by atoms with Gasteiger partial charge in [-0.05, 0) is 73.6 Å². The van der Waals surface area contributed by atoms with Crippen LogP contribution in [0, 0.1) is 13.8 Å². The summed E-state index contributed by atoms with van der Waals surface area (Å²) in [5.74, 6) is 0.0868. The van der Waals surface area contributed by atoms with Gasteiger partial charge < -0.3 is 10.4 Å². The van der Waals surface area contributed by atoms with Crippen LogP contribution in [-0.2, 0) is 11.2 Å². The van der Waals surface area contributed by atoms with E-state index in [1.807, 2.05) is 44.2 Å². The van der Waals surface area contributed by atoms with Gasteiger partial charge in [0.05, 0.1) is 6.42 Å². The second kappa shape index (κ2) is 8.01. The largest absolute Gasteiger partial charge is 0.508 e. The number of nitrogens with zero attached hydrogens (tertiary/aromatic N) is 2. The molecule has 0 bridgehead atoms. The van der Waals surface area contributed by atoms with Gasteiger partial charge in [-0.15, -0.1) is 0 Å². The Morgan fingerprint density at radius 3 is 2.23 bits per heavy atom. The number of phenols is 1. The van der Waals surface area contributed by atoms with Crippen molar-refractivity contribution in [2.45, 2.75) is 30.3 Å². The summed E-state index contributed by atoms with van der Waals surface area (Å²) in [7, 11) is 0. The van der Waals surface area contributed by atoms with Crippen LogP contribution in [0.2, 0.25) is 0 Å². The molecule has 3 aromatic rings. The highest BCUT2D eigenvalue weighted by molar-refractivity contribution is 7.99. The van der Waals surface area contributed by atoms with Crippen LogP contribution in [0.3, 0.4) is 0 Å². The summed E-state index contributed by atoms with van der Waals surface area (Å²) in [5.41, 5.74) is 3.47. The smallest absolute Gasteiger partial charge is 0.228 e. The summed E-state index contributed by atoms with van der Waals surface area (Å²) in [6.45, 7) is 3.90. The Bertz CT molecular complexity index is 889. The van der Waals surface area contributed by atoms with Crippen LogP contribution in [-0.4, -0.2) is 21.0 Å². The molecule has 0 unspecified atom stereocenters. The summed E-state index contributed by atoms with van der Waals surface area (Å²) < 4.78 is 0. The maximum atomic E-state index is 12.1. The summed E-state index contributed by atoms with van der Waals surface area (Å²) in [6.07, 6.45) is 0.257. The number of benzene rings is 2. The Morgan fingerprint density at radius 1 is 1.00 bits per heavy atom. The quantitative estimate of drug-likeness (QED) is 0.665. The minimum atomic E-state index is -0.103. The van der Waals surface area contributed by atoms with Crippen molar-refractivity contribution in [2.75, 3.05) is 5.32 Å². The minimum Gasteiger partial charge on any atom is -0.508 e. The fourth-order valence-electron chi connectivity index (χ4n) is 2.46. The molecule has 132 valence electrons. The Hall–Kier alpha value is -2.86. The predicted molar refractivity (Wildman–Crippen MR) is 103 cm³/mol. The molecule has 1 heterocycles. The van der Waals surface area contributed by atoms with Crippen LogP contribution >= 0.6 is 11.8 Å². The van der Waals surface area contributed by atoms with Crippen LogP contribution < -0.4 is 5.32 Å². The number of hydrogen-bond acceptors (Lipinski definition) is 5. The first-order chi connectivity index (χ1) is 12.5. The molecule has 0 saturated heterocycles. The maximum absolute atomic E-state index is 12.1. The zero-order valence-corrected chi connectivity index (χ0v) is 15.4. The maximum Gasteiger partial charge on any atom is 0.228 e. The topological polar surface area (TPSA) is 75.1 Å². The second-order valence-corrected chi connectivity index (χ2v) is 6.99. The van der Waals surface area contributed by atoms with Crippen molar-refractivity contribution in [1.29, 1.82) is 0 Å². The highest BCUT2D eigenvalue weighted by Gasteiger charge is 2.06. The number of aromatic hydroxyl groups is 1. The number of aromatic nitrogens is 2. The summed E-state index contributed by atoms with van der Waals surface area (Å²) in [4.78, 5) is 22.0. The molecule has 6 heteroatoms. The summed E-state index contributed by atoms with van der Waals surface area (Å²) >= 11 is 1.49. The third-order valence-electron chi connectivity index (χ3n) is 3.61. The Morgan fingerprint density at radius 2 is 1.62 bits per heavy atom. The van der Waals surface area contributed by atoms with Crippen molar-refractivity contribution in [1.82, 2.24) is 9.97 Å². The Labute approximate surface area is 156 Å². The molecule has 0 fully saturated rings. The minimum absolute atomic E-state index is 0.103. The van der Waals surface area contributed by atoms with Gasteiger partial charge in [-0.3, -0.25) is 4.79 Å². The number of hydrogen-bond donors (Lipinski definition) is 2. The third-order valence-corrected chi connectivity index (χ3v) is 4.48. The van der Waals surface area contributed by atoms with Gasteiger partial charge in [0, 0.05) is 22.0 Å². The first-order valence-electron chi connectivity index (χ1n) is 8.16. The number of phenolic OH excluding ortho intramolecular Hbond substituents is 1. The molecule has 5 nitrogen and oxygen atoms in total. The number of carbonyl (C=O) groups excluding carboxylic acids is 1. The normalized spacial score (nSPS) is 10.5. The van der Waals surface area contributed by atoms with Gasteiger partial charge in [0.2, 0.25) is 5.91 Å². The average molecular weight is 365 g/mol. The first-order valence-corrected chi connectivity index (χ1v) is 8.97. The molecule has 0 saturated carbocycles. The Kier molecular flexibility index (Phi) is 5.53. The number of nitrogens with one attached hydrogen (secondary N) is 1. The molecule has 3 rings (SSSR count). The van der Waals surface area contributed by atoms with Gasteiger partial charge in [0.15, 0.2) is 5.16 Å². The molecule has 2 N–H and O–H groups in total. The zero-order valence-electron chi connectivity index (χ0n) is 14.6. The summed E-state index contributed by atoms with van der Waals surface area (Å²) in [6, 6.07) is 16.1. The fraction of sp³-hybridized carbons (Fsp3) is 0.150. The highest BCUT2D eigenvalue weighted by atomic mass is 32.2. The van der Waals surface area contributed by atoms with E-state index < -0.39 is 0 Å². The van der Waals surface area contributed by atoms with Gasteiger partial charge in [0.25, 0.3) is 0 Å². The van der Waals surface area contributed by atoms with E-state index in [9.17, 15) is 9.90 Å². The van der Waals surface area contributed by atoms with Gasteiger partial charge in [0.1, 0.15) is 5.75 Å². The average Bonchev–Trinajstić information content (AvgIpc) is 2.58. The first kappa shape index (κ1) is 17.9. The lowest BCUT2D eigenvalue weighted by molar-refractivity contribution is -0.115. The fourth-order valence-corrected chi connectivity index (χ4v) is 3.32. The Balaban J connectivity index is 1.60. The molecule has 1 amide bonds. The molecule has 0 atom stereocenters. The number of anilines is 1. The van der Waals surface area contributed by atoms with E-state index in [4.69, 9.17) is 0 Å². The van der Waals surface area contributed by atoms with Crippen LogP contribution in [0.25, 0.3) is 0 Å². The standard InChI is InChI=1S/C20H19N3O2S/c1-13-11-14(2)22-20(21-13)26-18-9-5-16(6-10-18)23-19(25)12-15-3-7-17(24)8-4-15/h3-11,24H,12H2,1-2H3,(H,23,25). The molecular weight excluding hydrogens is 346 g/mol. The molecule has 2 aromatic carbocycles. The van der Waals surface area contributed by atoms with Crippen LogP contribution in [0.4, 0.5) is 5.69 Å². The van der Waals surface area contributed by atoms with Crippen molar-refractivity contribution < 1.29 is 9.90 Å². The van der Waals surface area contributed by atoms with Crippen molar-refractivity contribution >= 4 is 23.4 Å². The molecule has 0 aliphatic rings. The zero-order chi connectivity index (χ0) is 18.5. The number of carbonyl (C=O) groups is 1. The van der Waals surface area contributed by atoms with Crippen LogP contribution in [0.15, 0.2) is 64.6 Å². The highest BCUT2D eigenvalue weighted by Crippen LogP contribution is 2.26. The lowest BCUT2D eigenvalue weighted by atomic mass is 10.1. The molecule has 1 aromatic heterocycles. The van der Waals surface area contributed by atoms with Crippen LogP contribution in [0.1, 0.15) is 17.0 Å². The van der Waals surface area contributed by atoms with Gasteiger partial charge in [-0.25, -0.2) is 9.97 Å². The number of aryl methyl sites for hydroxylation is 2. The molecule has 0 aliphatic heterocycles. The van der Waals surface area contributed by atoms with E-state index in [1.54, 1.807) is 24.3 Å². The molecule has 0 spiro atoms. The van der Waals surface area contributed by atoms with Crippen molar-refractivity contribution in [3.05, 3.63) is 71.5 Å². The lowest BCUT2D eigenvalue weighted by Gasteiger charge is -2.07.